The lowest BCUT2D eigenvalue weighted by atomic mass is 10.2. The number of rotatable bonds is 7. The summed E-state index contributed by atoms with van der Waals surface area (Å²) in [6.07, 6.45) is 5.60. The molecule has 1 aliphatic rings. The van der Waals surface area contributed by atoms with Crippen LogP contribution in [0.5, 0.6) is 0 Å². The van der Waals surface area contributed by atoms with E-state index in [2.05, 4.69) is 5.32 Å². The topological polar surface area (TPSA) is 92.8 Å². The van der Waals surface area contributed by atoms with E-state index in [-0.39, 0.29) is 4.90 Å². The number of nitrogens with zero attached hydrogens (tertiary/aromatic N) is 1. The third kappa shape index (κ3) is 5.99. The van der Waals surface area contributed by atoms with Gasteiger partial charge in [-0.25, -0.2) is 13.2 Å². The highest BCUT2D eigenvalue weighted by Crippen LogP contribution is 2.22. The predicted octanol–water partition coefficient (Wildman–Crippen LogP) is 3.12. The number of nitrogens with one attached hydrogen (secondary N) is 1. The standard InChI is InChI=1S/C20H22N2O5S2/c23-19(15-27-20(24)10-9-17-7-5-13-28-17)21-16-6-4-8-18(14-16)29(25,26)22-11-2-1-3-12-22/h4-10,13-14H,1-3,11-12,15H2,(H,21,23)/b10-9+. The number of sulfonamides is 1. The molecule has 0 radical (unpaired) electrons. The summed E-state index contributed by atoms with van der Waals surface area (Å²) < 4.78 is 31.9. The summed E-state index contributed by atoms with van der Waals surface area (Å²) in [4.78, 5) is 24.8. The van der Waals surface area contributed by atoms with Crippen molar-refractivity contribution in [2.45, 2.75) is 24.2 Å². The van der Waals surface area contributed by atoms with Crippen LogP contribution in [-0.4, -0.2) is 44.3 Å². The van der Waals surface area contributed by atoms with Crippen LogP contribution in [0.15, 0.2) is 52.7 Å². The number of carbonyl (C=O) groups excluding carboxylic acids is 2. The molecule has 0 atom stereocenters. The molecule has 0 bridgehead atoms. The first-order valence-corrected chi connectivity index (χ1v) is 11.6. The summed E-state index contributed by atoms with van der Waals surface area (Å²) in [6, 6.07) is 9.80. The number of carbonyl (C=O) groups is 2. The smallest absolute Gasteiger partial charge is 0.331 e. The maximum Gasteiger partial charge on any atom is 0.331 e. The lowest BCUT2D eigenvalue weighted by Gasteiger charge is -2.26. The average molecular weight is 435 g/mol. The molecule has 1 aromatic carbocycles. The Morgan fingerprint density at radius 2 is 1.93 bits per heavy atom. The molecule has 2 heterocycles. The van der Waals surface area contributed by atoms with Gasteiger partial charge in [0, 0.05) is 29.7 Å². The van der Waals surface area contributed by atoms with Crippen molar-refractivity contribution in [1.29, 1.82) is 0 Å². The van der Waals surface area contributed by atoms with E-state index in [1.807, 2.05) is 17.5 Å². The van der Waals surface area contributed by atoms with Crippen LogP contribution in [0.2, 0.25) is 0 Å². The molecule has 7 nitrogen and oxygen atoms in total. The number of hydrogen-bond acceptors (Lipinski definition) is 6. The van der Waals surface area contributed by atoms with Gasteiger partial charge in [0.2, 0.25) is 10.0 Å². The zero-order valence-electron chi connectivity index (χ0n) is 15.7. The Morgan fingerprint density at radius 3 is 2.66 bits per heavy atom. The number of anilines is 1. The Hall–Kier alpha value is -2.49. The molecule has 29 heavy (non-hydrogen) atoms. The zero-order valence-corrected chi connectivity index (χ0v) is 17.4. The number of piperidine rings is 1. The Kier molecular flexibility index (Phi) is 7.18. The van der Waals surface area contributed by atoms with Crippen molar-refractivity contribution >= 4 is 45.0 Å². The molecular formula is C20H22N2O5S2. The van der Waals surface area contributed by atoms with Crippen LogP contribution < -0.4 is 5.32 Å². The lowest BCUT2D eigenvalue weighted by Crippen LogP contribution is -2.35. The molecule has 1 aliphatic heterocycles. The molecule has 3 rings (SSSR count). The van der Waals surface area contributed by atoms with E-state index < -0.39 is 28.5 Å². The molecule has 1 N–H and O–H groups in total. The SMILES string of the molecule is O=C(COC(=O)/C=C/c1cccs1)Nc1cccc(S(=O)(=O)N2CCCCC2)c1. The van der Waals surface area contributed by atoms with Crippen LogP contribution in [0.25, 0.3) is 6.08 Å². The lowest BCUT2D eigenvalue weighted by molar-refractivity contribution is -0.142. The maximum absolute atomic E-state index is 12.7. The van der Waals surface area contributed by atoms with Crippen LogP contribution in [0, 0.1) is 0 Å². The average Bonchev–Trinajstić information content (AvgIpc) is 3.25. The summed E-state index contributed by atoms with van der Waals surface area (Å²) in [5, 5.41) is 4.45. The van der Waals surface area contributed by atoms with E-state index in [1.165, 1.54) is 33.9 Å². The highest BCUT2D eigenvalue weighted by atomic mass is 32.2. The first-order chi connectivity index (χ1) is 13.9. The van der Waals surface area contributed by atoms with Gasteiger partial charge in [0.15, 0.2) is 6.61 Å². The minimum Gasteiger partial charge on any atom is -0.452 e. The fraction of sp³-hybridized carbons (Fsp3) is 0.300. The second-order valence-electron chi connectivity index (χ2n) is 6.50. The number of esters is 1. The molecule has 1 amide bonds. The second-order valence-corrected chi connectivity index (χ2v) is 9.41. The fourth-order valence-corrected chi connectivity index (χ4v) is 5.09. The van der Waals surface area contributed by atoms with Gasteiger partial charge in [0.25, 0.3) is 5.91 Å². The Morgan fingerprint density at radius 1 is 1.14 bits per heavy atom. The van der Waals surface area contributed by atoms with Crippen molar-refractivity contribution in [3.63, 3.8) is 0 Å². The van der Waals surface area contributed by atoms with Gasteiger partial charge in [-0.05, 0) is 48.6 Å². The summed E-state index contributed by atoms with van der Waals surface area (Å²) >= 11 is 1.48. The van der Waals surface area contributed by atoms with Crippen molar-refractivity contribution in [3.05, 3.63) is 52.7 Å². The van der Waals surface area contributed by atoms with Gasteiger partial charge >= 0.3 is 5.97 Å². The second kappa shape index (κ2) is 9.82. The number of hydrogen-bond donors (Lipinski definition) is 1. The fourth-order valence-electron chi connectivity index (χ4n) is 2.91. The van der Waals surface area contributed by atoms with Crippen LogP contribution in [-0.2, 0) is 24.3 Å². The molecule has 0 saturated carbocycles. The van der Waals surface area contributed by atoms with Gasteiger partial charge in [-0.3, -0.25) is 4.79 Å². The van der Waals surface area contributed by atoms with E-state index in [0.29, 0.717) is 18.8 Å². The first-order valence-electron chi connectivity index (χ1n) is 9.23. The van der Waals surface area contributed by atoms with Gasteiger partial charge in [-0.2, -0.15) is 4.31 Å². The van der Waals surface area contributed by atoms with E-state index in [0.717, 1.165) is 24.1 Å². The van der Waals surface area contributed by atoms with Gasteiger partial charge in [0.05, 0.1) is 4.90 Å². The minimum atomic E-state index is -3.59. The summed E-state index contributed by atoms with van der Waals surface area (Å²) in [7, 11) is -3.59. The molecule has 0 spiro atoms. The summed E-state index contributed by atoms with van der Waals surface area (Å²) in [6.45, 7) is 0.554. The molecule has 2 aromatic rings. The van der Waals surface area contributed by atoms with Crippen molar-refractivity contribution in [3.8, 4) is 0 Å². The molecule has 1 saturated heterocycles. The van der Waals surface area contributed by atoms with Gasteiger partial charge in [-0.15, -0.1) is 11.3 Å². The van der Waals surface area contributed by atoms with Crippen molar-refractivity contribution < 1.29 is 22.7 Å². The van der Waals surface area contributed by atoms with Crippen LogP contribution in [0.4, 0.5) is 5.69 Å². The monoisotopic (exact) mass is 434 g/mol. The first kappa shape index (κ1) is 21.2. The van der Waals surface area contributed by atoms with E-state index >= 15 is 0 Å². The van der Waals surface area contributed by atoms with Gasteiger partial charge in [-0.1, -0.05) is 18.6 Å². The third-order valence-corrected chi connectivity index (χ3v) is 7.08. The predicted molar refractivity (Wildman–Crippen MR) is 112 cm³/mol. The quantitative estimate of drug-likeness (QED) is 0.534. The number of amides is 1. The van der Waals surface area contributed by atoms with E-state index in [9.17, 15) is 18.0 Å². The van der Waals surface area contributed by atoms with Crippen molar-refractivity contribution in [2.24, 2.45) is 0 Å². The molecule has 0 unspecified atom stereocenters. The van der Waals surface area contributed by atoms with Gasteiger partial charge in [0.1, 0.15) is 0 Å². The maximum atomic E-state index is 12.7. The third-order valence-electron chi connectivity index (χ3n) is 4.34. The van der Waals surface area contributed by atoms with E-state index in [1.54, 1.807) is 18.2 Å². The largest absolute Gasteiger partial charge is 0.452 e. The number of benzene rings is 1. The van der Waals surface area contributed by atoms with Crippen LogP contribution in [0.3, 0.4) is 0 Å². The highest BCUT2D eigenvalue weighted by molar-refractivity contribution is 7.89. The molecule has 9 heteroatoms. The van der Waals surface area contributed by atoms with Gasteiger partial charge < -0.3 is 10.1 Å². The Balaban J connectivity index is 1.55. The zero-order chi connectivity index (χ0) is 20.7. The molecule has 0 aliphatic carbocycles. The van der Waals surface area contributed by atoms with E-state index in [4.69, 9.17) is 4.74 Å². The summed E-state index contributed by atoms with van der Waals surface area (Å²) in [5.74, 6) is -1.18. The van der Waals surface area contributed by atoms with Crippen molar-refractivity contribution in [2.75, 3.05) is 25.0 Å². The minimum absolute atomic E-state index is 0.132. The molecule has 154 valence electrons. The molecule has 1 aromatic heterocycles. The Bertz CT molecular complexity index is 978. The number of thiophene rings is 1. The number of ether oxygens (including phenoxy) is 1. The molecular weight excluding hydrogens is 412 g/mol. The van der Waals surface area contributed by atoms with Crippen LogP contribution in [0.1, 0.15) is 24.1 Å². The summed E-state index contributed by atoms with van der Waals surface area (Å²) in [5.41, 5.74) is 0.332. The Labute approximate surface area is 174 Å². The normalized spacial score (nSPS) is 15.3. The highest BCUT2D eigenvalue weighted by Gasteiger charge is 2.26. The van der Waals surface area contributed by atoms with Crippen molar-refractivity contribution in [1.82, 2.24) is 4.31 Å². The van der Waals surface area contributed by atoms with Crippen LogP contribution >= 0.6 is 11.3 Å². The molecule has 1 fully saturated rings.